The van der Waals surface area contributed by atoms with E-state index in [0.29, 0.717) is 12.1 Å². The van der Waals surface area contributed by atoms with Gasteiger partial charge < -0.3 is 5.73 Å². The van der Waals surface area contributed by atoms with Gasteiger partial charge in [0.05, 0.1) is 5.56 Å². The van der Waals surface area contributed by atoms with Gasteiger partial charge in [0.25, 0.3) is 0 Å². The SMILES string of the molecule is CC.CCc1cc(N)ccc1C(F)(F)F. The third-order valence-electron chi connectivity index (χ3n) is 1.82. The molecule has 1 aromatic rings. The maximum Gasteiger partial charge on any atom is 0.416 e. The Morgan fingerprint density at radius 3 is 2.13 bits per heavy atom. The summed E-state index contributed by atoms with van der Waals surface area (Å²) in [5.74, 6) is 0. The number of alkyl halides is 3. The zero-order chi connectivity index (χ0) is 12.1. The van der Waals surface area contributed by atoms with E-state index in [9.17, 15) is 13.2 Å². The molecule has 1 nitrogen and oxygen atoms in total. The van der Waals surface area contributed by atoms with E-state index in [1.54, 1.807) is 6.92 Å². The third-order valence-corrected chi connectivity index (χ3v) is 1.82. The quantitative estimate of drug-likeness (QED) is 0.713. The van der Waals surface area contributed by atoms with Crippen molar-refractivity contribution in [3.63, 3.8) is 0 Å². The summed E-state index contributed by atoms with van der Waals surface area (Å²) in [5, 5.41) is 0. The number of hydrogen-bond donors (Lipinski definition) is 1. The lowest BCUT2D eigenvalue weighted by atomic mass is 10.0. The highest BCUT2D eigenvalue weighted by Crippen LogP contribution is 2.32. The van der Waals surface area contributed by atoms with Crippen molar-refractivity contribution in [1.82, 2.24) is 0 Å². The number of hydrogen-bond acceptors (Lipinski definition) is 1. The molecule has 15 heavy (non-hydrogen) atoms. The summed E-state index contributed by atoms with van der Waals surface area (Å²) in [6.07, 6.45) is -3.95. The van der Waals surface area contributed by atoms with E-state index in [-0.39, 0.29) is 5.56 Å². The van der Waals surface area contributed by atoms with Crippen LogP contribution in [0.4, 0.5) is 18.9 Å². The molecule has 1 rings (SSSR count). The standard InChI is InChI=1S/C9H10F3N.C2H6/c1-2-6-5-7(13)3-4-8(6)9(10,11)12;1-2/h3-5H,2,13H2,1H3;1-2H3. The molecule has 86 valence electrons. The maximum atomic E-state index is 12.3. The first-order chi connectivity index (χ1) is 6.95. The summed E-state index contributed by atoms with van der Waals surface area (Å²) in [7, 11) is 0. The molecule has 2 N–H and O–H groups in total. The van der Waals surface area contributed by atoms with Gasteiger partial charge in [0.1, 0.15) is 0 Å². The molecule has 0 spiro atoms. The minimum Gasteiger partial charge on any atom is -0.399 e. The van der Waals surface area contributed by atoms with Gasteiger partial charge in [-0.15, -0.1) is 0 Å². The second-order valence-corrected chi connectivity index (χ2v) is 2.77. The van der Waals surface area contributed by atoms with Crippen molar-refractivity contribution in [2.45, 2.75) is 33.4 Å². The van der Waals surface area contributed by atoms with Gasteiger partial charge in [0.15, 0.2) is 0 Å². The number of rotatable bonds is 1. The molecule has 0 heterocycles. The van der Waals surface area contributed by atoms with Crippen LogP contribution < -0.4 is 5.73 Å². The van der Waals surface area contributed by atoms with E-state index < -0.39 is 11.7 Å². The number of halogens is 3. The van der Waals surface area contributed by atoms with Gasteiger partial charge in [0.2, 0.25) is 0 Å². The Morgan fingerprint density at radius 2 is 1.73 bits per heavy atom. The van der Waals surface area contributed by atoms with E-state index in [2.05, 4.69) is 0 Å². The molecule has 0 amide bonds. The molecule has 0 bridgehead atoms. The van der Waals surface area contributed by atoms with Crippen LogP contribution in [0, 0.1) is 0 Å². The first-order valence-electron chi connectivity index (χ1n) is 4.90. The van der Waals surface area contributed by atoms with Gasteiger partial charge >= 0.3 is 6.18 Å². The first kappa shape index (κ1) is 13.8. The molecule has 0 fully saturated rings. The molecule has 0 aliphatic carbocycles. The Kier molecular flexibility index (Phi) is 5.19. The molecule has 0 aliphatic rings. The molecule has 0 saturated heterocycles. The minimum absolute atomic E-state index is 0.243. The van der Waals surface area contributed by atoms with E-state index >= 15 is 0 Å². The molecule has 0 unspecified atom stereocenters. The smallest absolute Gasteiger partial charge is 0.399 e. The minimum atomic E-state index is -4.28. The van der Waals surface area contributed by atoms with Crippen LogP contribution in [-0.4, -0.2) is 0 Å². The fourth-order valence-corrected chi connectivity index (χ4v) is 1.18. The van der Waals surface area contributed by atoms with Crippen molar-refractivity contribution in [1.29, 1.82) is 0 Å². The number of benzene rings is 1. The van der Waals surface area contributed by atoms with E-state index in [1.165, 1.54) is 12.1 Å². The van der Waals surface area contributed by atoms with Crippen molar-refractivity contribution in [2.75, 3.05) is 5.73 Å². The molecule has 0 saturated carbocycles. The van der Waals surface area contributed by atoms with Gasteiger partial charge in [-0.3, -0.25) is 0 Å². The average molecular weight is 219 g/mol. The van der Waals surface area contributed by atoms with Crippen LogP contribution in [0.1, 0.15) is 31.9 Å². The summed E-state index contributed by atoms with van der Waals surface area (Å²) in [4.78, 5) is 0. The number of anilines is 1. The van der Waals surface area contributed by atoms with Crippen LogP contribution in [0.25, 0.3) is 0 Å². The Labute approximate surface area is 88.1 Å². The zero-order valence-corrected chi connectivity index (χ0v) is 9.15. The maximum absolute atomic E-state index is 12.3. The number of nitrogens with two attached hydrogens (primary N) is 1. The molecule has 0 radical (unpaired) electrons. The second-order valence-electron chi connectivity index (χ2n) is 2.77. The summed E-state index contributed by atoms with van der Waals surface area (Å²) in [6, 6.07) is 3.65. The Balaban J connectivity index is 0.000000921. The Morgan fingerprint density at radius 1 is 1.20 bits per heavy atom. The highest BCUT2D eigenvalue weighted by Gasteiger charge is 2.32. The fraction of sp³-hybridized carbons (Fsp3) is 0.455. The van der Waals surface area contributed by atoms with Gasteiger partial charge in [0, 0.05) is 5.69 Å². The molecular formula is C11H16F3N. The topological polar surface area (TPSA) is 26.0 Å². The highest BCUT2D eigenvalue weighted by molar-refractivity contribution is 5.45. The molecule has 4 heteroatoms. The predicted molar refractivity (Wildman–Crippen MR) is 56.6 cm³/mol. The van der Waals surface area contributed by atoms with Crippen LogP contribution in [0.15, 0.2) is 18.2 Å². The summed E-state index contributed by atoms with van der Waals surface area (Å²) >= 11 is 0. The van der Waals surface area contributed by atoms with Crippen molar-refractivity contribution >= 4 is 5.69 Å². The lowest BCUT2D eigenvalue weighted by Crippen LogP contribution is -2.09. The van der Waals surface area contributed by atoms with Crippen LogP contribution in [-0.2, 0) is 12.6 Å². The van der Waals surface area contributed by atoms with Crippen molar-refractivity contribution in [3.8, 4) is 0 Å². The van der Waals surface area contributed by atoms with Crippen molar-refractivity contribution < 1.29 is 13.2 Å². The fourth-order valence-electron chi connectivity index (χ4n) is 1.18. The Bertz CT molecular complexity index is 305. The van der Waals surface area contributed by atoms with E-state index in [4.69, 9.17) is 5.73 Å². The molecule has 0 aromatic heterocycles. The van der Waals surface area contributed by atoms with Crippen molar-refractivity contribution in [2.24, 2.45) is 0 Å². The highest BCUT2D eigenvalue weighted by atomic mass is 19.4. The molecular weight excluding hydrogens is 203 g/mol. The molecule has 0 atom stereocenters. The predicted octanol–water partition coefficient (Wildman–Crippen LogP) is 3.88. The monoisotopic (exact) mass is 219 g/mol. The normalized spacial score (nSPS) is 10.5. The molecule has 0 aliphatic heterocycles. The van der Waals surface area contributed by atoms with Gasteiger partial charge in [-0.25, -0.2) is 0 Å². The molecule has 1 aromatic carbocycles. The summed E-state index contributed by atoms with van der Waals surface area (Å²) in [6.45, 7) is 5.67. The third kappa shape index (κ3) is 3.81. The lowest BCUT2D eigenvalue weighted by Gasteiger charge is -2.11. The summed E-state index contributed by atoms with van der Waals surface area (Å²) < 4.78 is 37.0. The Hall–Kier alpha value is -1.19. The zero-order valence-electron chi connectivity index (χ0n) is 9.15. The van der Waals surface area contributed by atoms with E-state index in [1.807, 2.05) is 13.8 Å². The summed E-state index contributed by atoms with van der Waals surface area (Å²) in [5.41, 5.74) is 5.39. The average Bonchev–Trinajstić information content (AvgIpc) is 2.18. The first-order valence-corrected chi connectivity index (χ1v) is 4.90. The van der Waals surface area contributed by atoms with E-state index in [0.717, 1.165) is 6.07 Å². The largest absolute Gasteiger partial charge is 0.416 e. The lowest BCUT2D eigenvalue weighted by molar-refractivity contribution is -0.138. The number of aryl methyl sites for hydroxylation is 1. The van der Waals surface area contributed by atoms with Crippen LogP contribution in [0.2, 0.25) is 0 Å². The van der Waals surface area contributed by atoms with Gasteiger partial charge in [-0.05, 0) is 30.2 Å². The van der Waals surface area contributed by atoms with Gasteiger partial charge in [-0.2, -0.15) is 13.2 Å². The van der Waals surface area contributed by atoms with Gasteiger partial charge in [-0.1, -0.05) is 20.8 Å². The van der Waals surface area contributed by atoms with Crippen LogP contribution >= 0.6 is 0 Å². The van der Waals surface area contributed by atoms with Crippen LogP contribution in [0.3, 0.4) is 0 Å². The van der Waals surface area contributed by atoms with Crippen LogP contribution in [0.5, 0.6) is 0 Å². The number of nitrogen functional groups attached to an aromatic ring is 1. The van der Waals surface area contributed by atoms with Crippen molar-refractivity contribution in [3.05, 3.63) is 29.3 Å². The second kappa shape index (κ2) is 5.63.